The molecule has 2 aromatic carbocycles. The Balaban J connectivity index is 1.53. The van der Waals surface area contributed by atoms with E-state index >= 15 is 0 Å². The number of rotatable bonds is 8. The molecule has 3 aromatic rings. The lowest BCUT2D eigenvalue weighted by molar-refractivity contribution is -0.129. The van der Waals surface area contributed by atoms with Gasteiger partial charge in [-0.25, -0.2) is 4.68 Å². The molecule has 0 spiro atoms. The second kappa shape index (κ2) is 9.23. The third-order valence-corrected chi connectivity index (χ3v) is 4.77. The Labute approximate surface area is 170 Å². The van der Waals surface area contributed by atoms with Crippen molar-refractivity contribution in [1.29, 1.82) is 0 Å². The number of hydrogen-bond acceptors (Lipinski definition) is 5. The highest BCUT2D eigenvalue weighted by atomic mass is 16.5. The molecule has 0 unspecified atom stereocenters. The SMILES string of the molecule is COc1ccc(OCCN(C)C(=O)Cc2nnn(-c3ccc(C)cc3)c2C)cc1. The maximum Gasteiger partial charge on any atom is 0.228 e. The number of ether oxygens (including phenoxy) is 2. The number of hydrogen-bond donors (Lipinski definition) is 0. The molecule has 0 saturated heterocycles. The average Bonchev–Trinajstić information content (AvgIpc) is 3.09. The Bertz CT molecular complexity index is 949. The van der Waals surface area contributed by atoms with Gasteiger partial charge < -0.3 is 14.4 Å². The van der Waals surface area contributed by atoms with Crippen LogP contribution in [0.1, 0.15) is 17.0 Å². The predicted octanol–water partition coefficient (Wildman–Crippen LogP) is 2.97. The summed E-state index contributed by atoms with van der Waals surface area (Å²) in [6.45, 7) is 4.85. The Morgan fingerprint density at radius 1 is 1.03 bits per heavy atom. The van der Waals surface area contributed by atoms with Crippen molar-refractivity contribution in [2.75, 3.05) is 27.3 Å². The molecule has 152 valence electrons. The molecular weight excluding hydrogens is 368 g/mol. The van der Waals surface area contributed by atoms with Crippen LogP contribution in [0.4, 0.5) is 0 Å². The maximum absolute atomic E-state index is 12.6. The molecule has 7 heteroatoms. The van der Waals surface area contributed by atoms with E-state index in [9.17, 15) is 4.79 Å². The smallest absolute Gasteiger partial charge is 0.228 e. The Morgan fingerprint density at radius 2 is 1.69 bits per heavy atom. The summed E-state index contributed by atoms with van der Waals surface area (Å²) in [5.41, 5.74) is 3.66. The molecule has 3 rings (SSSR count). The van der Waals surface area contributed by atoms with Crippen LogP contribution in [-0.2, 0) is 11.2 Å². The number of carbonyl (C=O) groups is 1. The molecular formula is C22H26N4O3. The first-order valence-electron chi connectivity index (χ1n) is 9.47. The molecule has 0 atom stereocenters. The summed E-state index contributed by atoms with van der Waals surface area (Å²) in [4.78, 5) is 14.2. The van der Waals surface area contributed by atoms with E-state index in [0.717, 1.165) is 22.9 Å². The van der Waals surface area contributed by atoms with Crippen LogP contribution < -0.4 is 9.47 Å². The van der Waals surface area contributed by atoms with Gasteiger partial charge in [-0.1, -0.05) is 22.9 Å². The van der Waals surface area contributed by atoms with Gasteiger partial charge in [0.15, 0.2) is 0 Å². The Hall–Kier alpha value is -3.35. The molecule has 0 fully saturated rings. The Kier molecular flexibility index (Phi) is 6.49. The molecule has 0 aliphatic heterocycles. The molecule has 0 N–H and O–H groups in total. The second-order valence-corrected chi connectivity index (χ2v) is 6.88. The van der Waals surface area contributed by atoms with E-state index in [0.29, 0.717) is 18.8 Å². The van der Waals surface area contributed by atoms with Gasteiger partial charge in [0.05, 0.1) is 37.2 Å². The van der Waals surface area contributed by atoms with Crippen molar-refractivity contribution in [3.05, 3.63) is 65.5 Å². The van der Waals surface area contributed by atoms with Crippen molar-refractivity contribution in [2.45, 2.75) is 20.3 Å². The first kappa shape index (κ1) is 20.4. The second-order valence-electron chi connectivity index (χ2n) is 6.88. The van der Waals surface area contributed by atoms with E-state index in [4.69, 9.17) is 9.47 Å². The highest BCUT2D eigenvalue weighted by Crippen LogP contribution is 2.17. The quantitative estimate of drug-likeness (QED) is 0.588. The molecule has 1 aromatic heterocycles. The van der Waals surface area contributed by atoms with Crippen molar-refractivity contribution in [2.24, 2.45) is 0 Å². The minimum atomic E-state index is -0.0256. The highest BCUT2D eigenvalue weighted by molar-refractivity contribution is 5.78. The molecule has 1 amide bonds. The lowest BCUT2D eigenvalue weighted by atomic mass is 10.2. The van der Waals surface area contributed by atoms with Gasteiger partial charge in [-0.05, 0) is 50.2 Å². The maximum atomic E-state index is 12.6. The minimum Gasteiger partial charge on any atom is -0.497 e. The van der Waals surface area contributed by atoms with Crippen LogP contribution in [0, 0.1) is 13.8 Å². The van der Waals surface area contributed by atoms with Gasteiger partial charge in [0, 0.05) is 7.05 Å². The van der Waals surface area contributed by atoms with Gasteiger partial charge in [-0.2, -0.15) is 0 Å². The fourth-order valence-corrected chi connectivity index (χ4v) is 2.83. The monoisotopic (exact) mass is 394 g/mol. The summed E-state index contributed by atoms with van der Waals surface area (Å²) in [7, 11) is 3.39. The van der Waals surface area contributed by atoms with Crippen LogP contribution in [0.15, 0.2) is 48.5 Å². The van der Waals surface area contributed by atoms with Gasteiger partial charge >= 0.3 is 0 Å². The van der Waals surface area contributed by atoms with E-state index in [1.807, 2.05) is 62.4 Å². The van der Waals surface area contributed by atoms with Crippen LogP contribution >= 0.6 is 0 Å². The zero-order chi connectivity index (χ0) is 20.8. The number of carbonyl (C=O) groups excluding carboxylic acids is 1. The highest BCUT2D eigenvalue weighted by Gasteiger charge is 2.16. The normalized spacial score (nSPS) is 10.6. The van der Waals surface area contributed by atoms with E-state index in [2.05, 4.69) is 10.3 Å². The van der Waals surface area contributed by atoms with Crippen LogP contribution in [-0.4, -0.2) is 53.1 Å². The molecule has 0 aliphatic rings. The molecule has 0 aliphatic carbocycles. The predicted molar refractivity (Wildman–Crippen MR) is 111 cm³/mol. The number of methoxy groups -OCH3 is 1. The summed E-state index contributed by atoms with van der Waals surface area (Å²) in [5, 5.41) is 8.41. The number of amides is 1. The first-order valence-corrected chi connectivity index (χ1v) is 9.47. The van der Waals surface area contributed by atoms with Gasteiger partial charge in [0.2, 0.25) is 5.91 Å². The van der Waals surface area contributed by atoms with Crippen molar-refractivity contribution in [3.63, 3.8) is 0 Å². The summed E-state index contributed by atoms with van der Waals surface area (Å²) in [5.74, 6) is 1.49. The third-order valence-electron chi connectivity index (χ3n) is 4.77. The number of nitrogens with zero attached hydrogens (tertiary/aromatic N) is 4. The number of likely N-dealkylation sites (N-methyl/N-ethyl adjacent to an activating group) is 1. The minimum absolute atomic E-state index is 0.0256. The summed E-state index contributed by atoms with van der Waals surface area (Å²) >= 11 is 0. The van der Waals surface area contributed by atoms with Gasteiger partial charge in [-0.3, -0.25) is 4.79 Å². The third kappa shape index (κ3) is 5.13. The van der Waals surface area contributed by atoms with Gasteiger partial charge in [0.25, 0.3) is 0 Å². The molecule has 0 radical (unpaired) electrons. The van der Waals surface area contributed by atoms with Crippen molar-refractivity contribution >= 4 is 5.91 Å². The fourth-order valence-electron chi connectivity index (χ4n) is 2.83. The summed E-state index contributed by atoms with van der Waals surface area (Å²) in [6.07, 6.45) is 0.205. The summed E-state index contributed by atoms with van der Waals surface area (Å²) in [6, 6.07) is 15.4. The zero-order valence-electron chi connectivity index (χ0n) is 17.3. The van der Waals surface area contributed by atoms with Crippen molar-refractivity contribution < 1.29 is 14.3 Å². The Morgan fingerprint density at radius 3 is 2.34 bits per heavy atom. The van der Waals surface area contributed by atoms with Crippen molar-refractivity contribution in [3.8, 4) is 17.2 Å². The van der Waals surface area contributed by atoms with E-state index in [1.165, 1.54) is 5.56 Å². The van der Waals surface area contributed by atoms with Crippen LogP contribution in [0.25, 0.3) is 5.69 Å². The van der Waals surface area contributed by atoms with Crippen LogP contribution in [0.2, 0.25) is 0 Å². The van der Waals surface area contributed by atoms with E-state index < -0.39 is 0 Å². The van der Waals surface area contributed by atoms with Crippen LogP contribution in [0.5, 0.6) is 11.5 Å². The largest absolute Gasteiger partial charge is 0.497 e. The number of aryl methyl sites for hydroxylation is 1. The van der Waals surface area contributed by atoms with E-state index in [1.54, 1.807) is 23.7 Å². The molecule has 29 heavy (non-hydrogen) atoms. The summed E-state index contributed by atoms with van der Waals surface area (Å²) < 4.78 is 12.6. The van der Waals surface area contributed by atoms with E-state index in [-0.39, 0.29) is 12.3 Å². The van der Waals surface area contributed by atoms with Crippen molar-refractivity contribution in [1.82, 2.24) is 19.9 Å². The lowest BCUT2D eigenvalue weighted by Crippen LogP contribution is -2.32. The zero-order valence-corrected chi connectivity index (χ0v) is 17.3. The standard InChI is InChI=1S/C22H26N4O3/c1-16-5-7-18(8-6-16)26-17(2)21(23-24-26)15-22(27)25(3)13-14-29-20-11-9-19(28-4)10-12-20/h5-12H,13-15H2,1-4H3. The first-order chi connectivity index (χ1) is 14.0. The number of benzene rings is 2. The molecule has 7 nitrogen and oxygen atoms in total. The molecule has 0 bridgehead atoms. The van der Waals surface area contributed by atoms with Gasteiger partial charge in [-0.15, -0.1) is 5.10 Å². The molecule has 0 saturated carbocycles. The molecule has 1 heterocycles. The van der Waals surface area contributed by atoms with Gasteiger partial charge in [0.1, 0.15) is 18.1 Å². The van der Waals surface area contributed by atoms with Crippen LogP contribution in [0.3, 0.4) is 0 Å². The fraction of sp³-hybridized carbons (Fsp3) is 0.318. The lowest BCUT2D eigenvalue weighted by Gasteiger charge is -2.17. The topological polar surface area (TPSA) is 69.5 Å². The average molecular weight is 394 g/mol. The number of aromatic nitrogens is 3.